The molecule has 19 heavy (non-hydrogen) atoms. The first-order valence-corrected chi connectivity index (χ1v) is 6.58. The molecule has 1 atom stereocenters. The zero-order valence-corrected chi connectivity index (χ0v) is 11.5. The molecule has 100 valence electrons. The van der Waals surface area contributed by atoms with Crippen LogP contribution in [0.4, 0.5) is 4.39 Å². The maximum Gasteiger partial charge on any atom is 0.126 e. The van der Waals surface area contributed by atoms with Crippen molar-refractivity contribution in [1.29, 1.82) is 0 Å². The molecule has 2 aromatic rings. The van der Waals surface area contributed by atoms with E-state index in [-0.39, 0.29) is 5.82 Å². The highest BCUT2D eigenvalue weighted by atomic mass is 19.1. The molecule has 0 aliphatic carbocycles. The summed E-state index contributed by atoms with van der Waals surface area (Å²) in [5.74, 6) is -0.186. The first-order chi connectivity index (χ1) is 8.99. The van der Waals surface area contributed by atoms with Crippen LogP contribution in [0.15, 0.2) is 48.5 Å². The summed E-state index contributed by atoms with van der Waals surface area (Å²) in [5, 5.41) is 0. The zero-order valence-electron chi connectivity index (χ0n) is 11.5. The van der Waals surface area contributed by atoms with E-state index in [4.69, 9.17) is 5.73 Å². The molecule has 2 N–H and O–H groups in total. The monoisotopic (exact) mass is 257 g/mol. The highest BCUT2D eigenvalue weighted by Gasteiger charge is 2.21. The van der Waals surface area contributed by atoms with E-state index in [1.165, 1.54) is 5.56 Å². The van der Waals surface area contributed by atoms with Gasteiger partial charge in [-0.15, -0.1) is 0 Å². The third kappa shape index (κ3) is 3.42. The van der Waals surface area contributed by atoms with E-state index < -0.39 is 5.54 Å². The average molecular weight is 257 g/mol. The maximum atomic E-state index is 13.6. The van der Waals surface area contributed by atoms with Crippen LogP contribution in [0, 0.1) is 12.7 Å². The average Bonchev–Trinajstić information content (AvgIpc) is 2.41. The highest BCUT2D eigenvalue weighted by Crippen LogP contribution is 2.25. The number of benzene rings is 2. The summed E-state index contributed by atoms with van der Waals surface area (Å²) in [7, 11) is 0. The van der Waals surface area contributed by atoms with Gasteiger partial charge in [-0.1, -0.05) is 42.5 Å². The van der Waals surface area contributed by atoms with E-state index in [0.29, 0.717) is 5.56 Å². The molecule has 2 aromatic carbocycles. The molecule has 0 saturated heterocycles. The van der Waals surface area contributed by atoms with E-state index in [2.05, 4.69) is 12.1 Å². The summed E-state index contributed by atoms with van der Waals surface area (Å²) in [6.45, 7) is 3.72. The van der Waals surface area contributed by atoms with E-state index in [1.54, 1.807) is 19.1 Å². The fraction of sp³-hybridized carbons (Fsp3) is 0.294. The summed E-state index contributed by atoms with van der Waals surface area (Å²) in [5.41, 5.74) is 8.59. The molecule has 0 heterocycles. The molecule has 0 bridgehead atoms. The van der Waals surface area contributed by atoms with E-state index in [0.717, 1.165) is 18.4 Å². The molecule has 0 amide bonds. The Balaban J connectivity index is 2.11. The van der Waals surface area contributed by atoms with Gasteiger partial charge in [0.15, 0.2) is 0 Å². The first-order valence-electron chi connectivity index (χ1n) is 6.58. The van der Waals surface area contributed by atoms with Crippen molar-refractivity contribution in [3.63, 3.8) is 0 Å². The van der Waals surface area contributed by atoms with Crippen LogP contribution in [-0.4, -0.2) is 0 Å². The smallest absolute Gasteiger partial charge is 0.126 e. The summed E-state index contributed by atoms with van der Waals surface area (Å²) in [4.78, 5) is 0. The second kappa shape index (κ2) is 5.54. The molecule has 2 rings (SSSR count). The van der Waals surface area contributed by atoms with Crippen LogP contribution in [0.3, 0.4) is 0 Å². The van der Waals surface area contributed by atoms with Crippen LogP contribution in [0.25, 0.3) is 0 Å². The summed E-state index contributed by atoms with van der Waals surface area (Å²) in [6.07, 6.45) is 1.68. The number of hydrogen-bond donors (Lipinski definition) is 1. The van der Waals surface area contributed by atoms with Gasteiger partial charge in [-0.25, -0.2) is 4.39 Å². The van der Waals surface area contributed by atoms with Gasteiger partial charge in [0.1, 0.15) is 5.82 Å². The lowest BCUT2D eigenvalue weighted by Crippen LogP contribution is -2.33. The van der Waals surface area contributed by atoms with Gasteiger partial charge >= 0.3 is 0 Å². The molecule has 0 fully saturated rings. The summed E-state index contributed by atoms with van der Waals surface area (Å²) >= 11 is 0. The zero-order chi connectivity index (χ0) is 13.9. The Hall–Kier alpha value is -1.67. The van der Waals surface area contributed by atoms with Crippen molar-refractivity contribution in [2.75, 3.05) is 0 Å². The number of nitrogens with two attached hydrogens (primary N) is 1. The molecule has 0 aliphatic rings. The first kappa shape index (κ1) is 13.8. The van der Waals surface area contributed by atoms with E-state index >= 15 is 0 Å². The van der Waals surface area contributed by atoms with Crippen LogP contribution >= 0.6 is 0 Å². The normalized spacial score (nSPS) is 14.1. The van der Waals surface area contributed by atoms with Crippen molar-refractivity contribution in [1.82, 2.24) is 0 Å². The minimum atomic E-state index is -0.510. The van der Waals surface area contributed by atoms with Crippen molar-refractivity contribution in [3.8, 4) is 0 Å². The van der Waals surface area contributed by atoms with Gasteiger partial charge in [0.2, 0.25) is 0 Å². The molecule has 2 heteroatoms. The lowest BCUT2D eigenvalue weighted by Gasteiger charge is -2.25. The van der Waals surface area contributed by atoms with Gasteiger partial charge in [0.05, 0.1) is 0 Å². The molecule has 0 radical (unpaired) electrons. The molecule has 0 saturated carbocycles. The minimum Gasteiger partial charge on any atom is -0.322 e. The molecule has 0 aromatic heterocycles. The number of hydrogen-bond acceptors (Lipinski definition) is 1. The van der Waals surface area contributed by atoms with Gasteiger partial charge in [0.25, 0.3) is 0 Å². The van der Waals surface area contributed by atoms with Crippen molar-refractivity contribution in [2.24, 2.45) is 5.73 Å². The fourth-order valence-corrected chi connectivity index (χ4v) is 2.14. The maximum absolute atomic E-state index is 13.6. The predicted octanol–water partition coefficient (Wildman–Crippen LogP) is 3.94. The SMILES string of the molecule is Cc1ccc(C(C)(N)CCc2ccccc2)cc1F. The highest BCUT2D eigenvalue weighted by molar-refractivity contribution is 5.29. The van der Waals surface area contributed by atoms with Gasteiger partial charge in [-0.3, -0.25) is 0 Å². The lowest BCUT2D eigenvalue weighted by atomic mass is 9.86. The minimum absolute atomic E-state index is 0.186. The van der Waals surface area contributed by atoms with Gasteiger partial charge < -0.3 is 5.73 Å². The standard InChI is InChI=1S/C17H20FN/c1-13-8-9-15(12-16(13)18)17(2,19)11-10-14-6-4-3-5-7-14/h3-9,12H,10-11,19H2,1-2H3. The number of aryl methyl sites for hydroxylation is 2. The second-order valence-corrected chi connectivity index (χ2v) is 5.37. The third-order valence-corrected chi connectivity index (χ3v) is 3.61. The molecule has 0 aliphatic heterocycles. The Bertz CT molecular complexity index is 546. The Morgan fingerprint density at radius 1 is 1.11 bits per heavy atom. The summed E-state index contributed by atoms with van der Waals surface area (Å²) in [6, 6.07) is 15.5. The number of rotatable bonds is 4. The predicted molar refractivity (Wildman–Crippen MR) is 77.4 cm³/mol. The third-order valence-electron chi connectivity index (χ3n) is 3.61. The van der Waals surface area contributed by atoms with Crippen molar-refractivity contribution < 1.29 is 4.39 Å². The quantitative estimate of drug-likeness (QED) is 0.882. The van der Waals surface area contributed by atoms with E-state index in [1.807, 2.05) is 31.2 Å². The van der Waals surface area contributed by atoms with Crippen LogP contribution in [0.1, 0.15) is 30.0 Å². The molecule has 1 unspecified atom stereocenters. The topological polar surface area (TPSA) is 26.0 Å². The van der Waals surface area contributed by atoms with Crippen LogP contribution in [0.2, 0.25) is 0 Å². The Morgan fingerprint density at radius 3 is 2.42 bits per heavy atom. The number of halogens is 1. The lowest BCUT2D eigenvalue weighted by molar-refractivity contribution is 0.449. The van der Waals surface area contributed by atoms with Gasteiger partial charge in [-0.05, 0) is 49.4 Å². The fourth-order valence-electron chi connectivity index (χ4n) is 2.14. The summed E-state index contributed by atoms with van der Waals surface area (Å²) < 4.78 is 13.6. The van der Waals surface area contributed by atoms with Crippen molar-refractivity contribution in [2.45, 2.75) is 32.2 Å². The second-order valence-electron chi connectivity index (χ2n) is 5.37. The van der Waals surface area contributed by atoms with Crippen LogP contribution < -0.4 is 5.73 Å². The molecule has 1 nitrogen and oxygen atoms in total. The largest absolute Gasteiger partial charge is 0.322 e. The van der Waals surface area contributed by atoms with Gasteiger partial charge in [0, 0.05) is 5.54 Å². The van der Waals surface area contributed by atoms with Crippen LogP contribution in [-0.2, 0) is 12.0 Å². The molecule has 0 spiro atoms. The van der Waals surface area contributed by atoms with Crippen molar-refractivity contribution in [3.05, 3.63) is 71.0 Å². The Kier molecular flexibility index (Phi) is 4.01. The Morgan fingerprint density at radius 2 is 1.79 bits per heavy atom. The van der Waals surface area contributed by atoms with Crippen LogP contribution in [0.5, 0.6) is 0 Å². The molecular weight excluding hydrogens is 237 g/mol. The molecular formula is C17H20FN. The van der Waals surface area contributed by atoms with Crippen molar-refractivity contribution >= 4 is 0 Å². The van der Waals surface area contributed by atoms with E-state index in [9.17, 15) is 4.39 Å². The van der Waals surface area contributed by atoms with Gasteiger partial charge in [-0.2, -0.15) is 0 Å². The Labute approximate surface area is 114 Å².